The number of nitrogens with two attached hydrogens (primary N) is 1. The lowest BCUT2D eigenvalue weighted by atomic mass is 9.98. The number of amides is 1. The molecule has 0 bridgehead atoms. The maximum Gasteiger partial charge on any atom is 0.414 e. The molecule has 19 heavy (non-hydrogen) atoms. The first kappa shape index (κ1) is 15.4. The van der Waals surface area contributed by atoms with E-state index in [0.29, 0.717) is 6.42 Å². The van der Waals surface area contributed by atoms with Crippen molar-refractivity contribution < 1.29 is 9.53 Å². The molecule has 106 valence electrons. The summed E-state index contributed by atoms with van der Waals surface area (Å²) >= 11 is 0. The summed E-state index contributed by atoms with van der Waals surface area (Å²) in [5.74, 6) is 0.216. The third kappa shape index (κ3) is 6.71. The average molecular weight is 266 g/mol. The van der Waals surface area contributed by atoms with Crippen LogP contribution in [0.2, 0.25) is 0 Å². The molecule has 0 radical (unpaired) electrons. The molecule has 0 atom stereocenters. The molecule has 0 aliphatic heterocycles. The lowest BCUT2D eigenvalue weighted by molar-refractivity contribution is 0.0634. The minimum Gasteiger partial charge on any atom is -0.444 e. The molecule has 6 heteroatoms. The molecule has 1 amide bonds. The van der Waals surface area contributed by atoms with E-state index in [0.717, 1.165) is 5.56 Å². The van der Waals surface area contributed by atoms with Crippen molar-refractivity contribution >= 4 is 12.0 Å². The number of carbonyl (C=O) groups is 1. The van der Waals surface area contributed by atoms with E-state index in [1.54, 1.807) is 33.2 Å². The summed E-state index contributed by atoms with van der Waals surface area (Å²) in [7, 11) is 0. The number of hydrogen-bond acceptors (Lipinski definition) is 5. The van der Waals surface area contributed by atoms with E-state index in [9.17, 15) is 4.79 Å². The minimum absolute atomic E-state index is 0.216. The standard InChI is InChI=1S/C13H22N4O2/c1-12(2,3)19-11(18)17-10-15-7-9(8-16-10)6-13(4,5)14/h7-8H,6,14H2,1-5H3,(H,15,16,17,18). The molecule has 1 aromatic rings. The molecule has 0 fully saturated rings. The van der Waals surface area contributed by atoms with Gasteiger partial charge in [0.1, 0.15) is 5.60 Å². The molecular weight excluding hydrogens is 244 g/mol. The Morgan fingerprint density at radius 2 is 1.79 bits per heavy atom. The molecule has 1 rings (SSSR count). The van der Waals surface area contributed by atoms with Crippen molar-refractivity contribution in [3.8, 4) is 0 Å². The van der Waals surface area contributed by atoms with Crippen molar-refractivity contribution in [2.24, 2.45) is 5.73 Å². The Hall–Kier alpha value is -1.69. The number of anilines is 1. The third-order valence-corrected chi connectivity index (χ3v) is 1.98. The first-order valence-electron chi connectivity index (χ1n) is 6.15. The maximum atomic E-state index is 11.5. The second-order valence-corrected chi connectivity index (χ2v) is 6.21. The zero-order chi connectivity index (χ0) is 14.7. The van der Waals surface area contributed by atoms with Gasteiger partial charge in [-0.1, -0.05) is 0 Å². The van der Waals surface area contributed by atoms with E-state index >= 15 is 0 Å². The third-order valence-electron chi connectivity index (χ3n) is 1.98. The van der Waals surface area contributed by atoms with Gasteiger partial charge in [0.25, 0.3) is 0 Å². The van der Waals surface area contributed by atoms with Gasteiger partial charge in [-0.15, -0.1) is 0 Å². The van der Waals surface area contributed by atoms with Crippen LogP contribution in [0.5, 0.6) is 0 Å². The highest BCUT2D eigenvalue weighted by Gasteiger charge is 2.17. The van der Waals surface area contributed by atoms with E-state index in [-0.39, 0.29) is 11.5 Å². The number of ether oxygens (including phenoxy) is 1. The summed E-state index contributed by atoms with van der Waals surface area (Å²) in [5.41, 5.74) is 5.97. The second-order valence-electron chi connectivity index (χ2n) is 6.21. The Balaban J connectivity index is 2.60. The smallest absolute Gasteiger partial charge is 0.414 e. The van der Waals surface area contributed by atoms with Gasteiger partial charge in [0.15, 0.2) is 0 Å². The van der Waals surface area contributed by atoms with Crippen molar-refractivity contribution in [1.82, 2.24) is 9.97 Å². The fourth-order valence-corrected chi connectivity index (χ4v) is 1.43. The largest absolute Gasteiger partial charge is 0.444 e. The van der Waals surface area contributed by atoms with Crippen molar-refractivity contribution in [3.05, 3.63) is 18.0 Å². The van der Waals surface area contributed by atoms with E-state index in [1.807, 2.05) is 13.8 Å². The number of carbonyl (C=O) groups excluding carboxylic acids is 1. The number of hydrogen-bond donors (Lipinski definition) is 2. The zero-order valence-electron chi connectivity index (χ0n) is 12.2. The minimum atomic E-state index is -0.570. The van der Waals surface area contributed by atoms with E-state index < -0.39 is 11.7 Å². The van der Waals surface area contributed by atoms with Crippen LogP contribution in [0.4, 0.5) is 10.7 Å². The molecule has 3 N–H and O–H groups in total. The highest BCUT2D eigenvalue weighted by Crippen LogP contribution is 2.11. The first-order valence-corrected chi connectivity index (χ1v) is 6.15. The zero-order valence-corrected chi connectivity index (χ0v) is 12.2. The Kier molecular flexibility index (Phi) is 4.47. The van der Waals surface area contributed by atoms with Crippen molar-refractivity contribution in [3.63, 3.8) is 0 Å². The lowest BCUT2D eigenvalue weighted by Crippen LogP contribution is -2.34. The van der Waals surface area contributed by atoms with Crippen molar-refractivity contribution in [2.45, 2.75) is 52.2 Å². The average Bonchev–Trinajstić information content (AvgIpc) is 2.15. The van der Waals surface area contributed by atoms with Gasteiger partial charge in [-0.3, -0.25) is 5.32 Å². The van der Waals surface area contributed by atoms with Crippen LogP contribution in [0.25, 0.3) is 0 Å². The Morgan fingerprint density at radius 1 is 1.26 bits per heavy atom. The van der Waals surface area contributed by atoms with Gasteiger partial charge in [-0.2, -0.15) is 0 Å². The molecule has 0 aliphatic carbocycles. The monoisotopic (exact) mass is 266 g/mol. The van der Waals surface area contributed by atoms with Gasteiger partial charge < -0.3 is 10.5 Å². The SMILES string of the molecule is CC(C)(N)Cc1cnc(NC(=O)OC(C)(C)C)nc1. The fourth-order valence-electron chi connectivity index (χ4n) is 1.43. The Labute approximate surface area is 113 Å². The van der Waals surface area contributed by atoms with Crippen LogP contribution in [0, 0.1) is 0 Å². The molecular formula is C13H22N4O2. The van der Waals surface area contributed by atoms with Crippen LogP contribution < -0.4 is 11.1 Å². The van der Waals surface area contributed by atoms with Crippen LogP contribution in [-0.4, -0.2) is 27.2 Å². The molecule has 1 heterocycles. The predicted octanol–water partition coefficient (Wildman–Crippen LogP) is 2.10. The molecule has 1 aromatic heterocycles. The Morgan fingerprint density at radius 3 is 2.21 bits per heavy atom. The molecule has 6 nitrogen and oxygen atoms in total. The van der Waals surface area contributed by atoms with Gasteiger partial charge in [-0.05, 0) is 46.6 Å². The van der Waals surface area contributed by atoms with Gasteiger partial charge in [-0.25, -0.2) is 14.8 Å². The van der Waals surface area contributed by atoms with Crippen LogP contribution in [0.15, 0.2) is 12.4 Å². The van der Waals surface area contributed by atoms with E-state index in [2.05, 4.69) is 15.3 Å². The van der Waals surface area contributed by atoms with Gasteiger partial charge in [0.05, 0.1) is 0 Å². The highest BCUT2D eigenvalue weighted by molar-refractivity contribution is 5.82. The van der Waals surface area contributed by atoms with E-state index in [1.165, 1.54) is 0 Å². The second kappa shape index (κ2) is 5.52. The van der Waals surface area contributed by atoms with Crippen LogP contribution in [0.1, 0.15) is 40.2 Å². The van der Waals surface area contributed by atoms with Gasteiger partial charge in [0, 0.05) is 17.9 Å². The first-order chi connectivity index (χ1) is 8.55. The summed E-state index contributed by atoms with van der Waals surface area (Å²) < 4.78 is 5.10. The number of aromatic nitrogens is 2. The number of nitrogens with zero attached hydrogens (tertiary/aromatic N) is 2. The fraction of sp³-hybridized carbons (Fsp3) is 0.615. The predicted molar refractivity (Wildman–Crippen MR) is 73.9 cm³/mol. The molecule has 0 aliphatic rings. The molecule has 0 saturated carbocycles. The lowest BCUT2D eigenvalue weighted by Gasteiger charge is -2.19. The normalized spacial score (nSPS) is 12.1. The van der Waals surface area contributed by atoms with Crippen LogP contribution in [0.3, 0.4) is 0 Å². The van der Waals surface area contributed by atoms with Crippen LogP contribution in [-0.2, 0) is 11.2 Å². The van der Waals surface area contributed by atoms with E-state index in [4.69, 9.17) is 10.5 Å². The summed E-state index contributed by atoms with van der Waals surface area (Å²) in [6.07, 6.45) is 3.39. The summed E-state index contributed by atoms with van der Waals surface area (Å²) in [4.78, 5) is 19.6. The summed E-state index contributed by atoms with van der Waals surface area (Å²) in [5, 5.41) is 2.47. The van der Waals surface area contributed by atoms with Gasteiger partial charge >= 0.3 is 6.09 Å². The van der Waals surface area contributed by atoms with Crippen LogP contribution >= 0.6 is 0 Å². The summed E-state index contributed by atoms with van der Waals surface area (Å²) in [6.45, 7) is 9.24. The number of rotatable bonds is 3. The van der Waals surface area contributed by atoms with Gasteiger partial charge in [0.2, 0.25) is 5.95 Å². The topological polar surface area (TPSA) is 90.1 Å². The van der Waals surface area contributed by atoms with Crippen molar-refractivity contribution in [2.75, 3.05) is 5.32 Å². The maximum absolute atomic E-state index is 11.5. The summed E-state index contributed by atoms with van der Waals surface area (Å²) in [6, 6.07) is 0. The Bertz CT molecular complexity index is 429. The molecule has 0 spiro atoms. The molecule has 0 unspecified atom stereocenters. The molecule has 0 aromatic carbocycles. The molecule has 0 saturated heterocycles. The highest BCUT2D eigenvalue weighted by atomic mass is 16.6. The quantitative estimate of drug-likeness (QED) is 0.874. The number of nitrogens with one attached hydrogen (secondary N) is 1. The van der Waals surface area contributed by atoms with Crippen molar-refractivity contribution in [1.29, 1.82) is 0 Å².